The molecule has 0 aliphatic rings. The lowest BCUT2D eigenvalue weighted by Gasteiger charge is -2.00. The topological polar surface area (TPSA) is 18.5 Å². The van der Waals surface area contributed by atoms with Crippen LogP contribution in [-0.2, 0) is 9.47 Å². The van der Waals surface area contributed by atoms with Crippen LogP contribution < -0.4 is 0 Å². The minimum Gasteiger partial charge on any atom is -0.366 e. The van der Waals surface area contributed by atoms with E-state index < -0.39 is 6.86 Å². The lowest BCUT2D eigenvalue weighted by Crippen LogP contribution is -1.95. The van der Waals surface area contributed by atoms with Crippen molar-refractivity contribution in [2.45, 2.75) is 19.3 Å². The fourth-order valence-corrected chi connectivity index (χ4v) is 0.803. The molecule has 0 aliphatic carbocycles. The number of alkyl halides is 2. The standard InChI is InChI=1S/C7H14ClFO2/c8-6-10-4-2-1-3-5-11-7-9/h1-7H2. The average molecular weight is 185 g/mol. The van der Waals surface area contributed by atoms with Crippen molar-refractivity contribution in [3.8, 4) is 0 Å². The van der Waals surface area contributed by atoms with Gasteiger partial charge in [-0.15, -0.1) is 0 Å². The van der Waals surface area contributed by atoms with Crippen molar-refractivity contribution < 1.29 is 13.9 Å². The highest BCUT2D eigenvalue weighted by Crippen LogP contribution is 1.96. The first kappa shape index (κ1) is 11.1. The number of hydrogen-bond donors (Lipinski definition) is 0. The summed E-state index contributed by atoms with van der Waals surface area (Å²) in [5, 5.41) is 0. The fourth-order valence-electron chi connectivity index (χ4n) is 0.694. The molecular formula is C7H14ClFO2. The van der Waals surface area contributed by atoms with Gasteiger partial charge in [0.15, 0.2) is 6.86 Å². The van der Waals surface area contributed by atoms with Crippen molar-refractivity contribution in [2.24, 2.45) is 0 Å². The van der Waals surface area contributed by atoms with Gasteiger partial charge >= 0.3 is 0 Å². The number of ether oxygens (including phenoxy) is 2. The third-order valence-electron chi connectivity index (χ3n) is 1.23. The molecule has 0 fully saturated rings. The molecule has 0 unspecified atom stereocenters. The van der Waals surface area contributed by atoms with Crippen LogP contribution in [0.3, 0.4) is 0 Å². The molecule has 0 rings (SSSR count). The summed E-state index contributed by atoms with van der Waals surface area (Å²) in [6.07, 6.45) is 2.84. The van der Waals surface area contributed by atoms with Crippen molar-refractivity contribution in [3.63, 3.8) is 0 Å². The Morgan fingerprint density at radius 2 is 1.64 bits per heavy atom. The summed E-state index contributed by atoms with van der Waals surface area (Å²) in [5.41, 5.74) is 0. The Labute approximate surface area is 71.6 Å². The van der Waals surface area contributed by atoms with E-state index in [1.165, 1.54) is 0 Å². The monoisotopic (exact) mass is 184 g/mol. The second-order valence-corrected chi connectivity index (χ2v) is 2.31. The molecule has 0 N–H and O–H groups in total. The summed E-state index contributed by atoms with van der Waals surface area (Å²) < 4.78 is 20.8. The zero-order valence-electron chi connectivity index (χ0n) is 6.52. The lowest BCUT2D eigenvalue weighted by atomic mass is 10.2. The normalized spacial score (nSPS) is 10.4. The van der Waals surface area contributed by atoms with Gasteiger partial charge in [0.05, 0.1) is 0 Å². The van der Waals surface area contributed by atoms with E-state index in [0.717, 1.165) is 19.3 Å². The van der Waals surface area contributed by atoms with E-state index in [4.69, 9.17) is 16.3 Å². The maximum Gasteiger partial charge on any atom is 0.188 e. The van der Waals surface area contributed by atoms with Crippen molar-refractivity contribution in [1.29, 1.82) is 0 Å². The molecule has 0 spiro atoms. The molecule has 0 heterocycles. The van der Waals surface area contributed by atoms with Gasteiger partial charge in [-0.05, 0) is 19.3 Å². The van der Waals surface area contributed by atoms with Gasteiger partial charge in [-0.2, -0.15) is 0 Å². The molecule has 0 aromatic rings. The van der Waals surface area contributed by atoms with Crippen LogP contribution in [-0.4, -0.2) is 26.1 Å². The minimum atomic E-state index is -0.682. The SMILES string of the molecule is FCOCCCCCOCCl. The van der Waals surface area contributed by atoms with E-state index in [-0.39, 0.29) is 6.07 Å². The van der Waals surface area contributed by atoms with Gasteiger partial charge in [0.2, 0.25) is 0 Å². The van der Waals surface area contributed by atoms with E-state index in [9.17, 15) is 4.39 Å². The van der Waals surface area contributed by atoms with E-state index in [2.05, 4.69) is 4.74 Å². The largest absolute Gasteiger partial charge is 0.366 e. The predicted molar refractivity (Wildman–Crippen MR) is 42.5 cm³/mol. The Balaban J connectivity index is 2.69. The summed E-state index contributed by atoms with van der Waals surface area (Å²) in [6.45, 7) is 0.495. The van der Waals surface area contributed by atoms with Crippen molar-refractivity contribution in [2.75, 3.05) is 26.1 Å². The molecule has 0 amide bonds. The highest BCUT2D eigenvalue weighted by molar-refractivity contribution is 6.17. The molecule has 0 bridgehead atoms. The molecular weight excluding hydrogens is 171 g/mol. The van der Waals surface area contributed by atoms with Gasteiger partial charge in [0, 0.05) is 13.2 Å². The molecule has 4 heteroatoms. The summed E-state index contributed by atoms with van der Waals surface area (Å²) in [7, 11) is 0. The maximum atomic E-state index is 11.4. The second kappa shape index (κ2) is 10.1. The van der Waals surface area contributed by atoms with Gasteiger partial charge in [0.1, 0.15) is 6.07 Å². The Hall–Kier alpha value is 0.140. The van der Waals surface area contributed by atoms with Gasteiger partial charge < -0.3 is 9.47 Å². The Morgan fingerprint density at radius 1 is 1.00 bits per heavy atom. The average Bonchev–Trinajstić information content (AvgIpc) is 2.03. The highest BCUT2D eigenvalue weighted by Gasteiger charge is 1.89. The first-order valence-electron chi connectivity index (χ1n) is 3.69. The molecule has 2 nitrogen and oxygen atoms in total. The molecule has 0 saturated heterocycles. The maximum absolute atomic E-state index is 11.4. The summed E-state index contributed by atoms with van der Waals surface area (Å²) in [6, 6.07) is 0.251. The Morgan fingerprint density at radius 3 is 2.18 bits per heavy atom. The number of rotatable bonds is 8. The fraction of sp³-hybridized carbons (Fsp3) is 1.00. The Bertz CT molecular complexity index is 65.5. The first-order chi connectivity index (χ1) is 5.41. The van der Waals surface area contributed by atoms with Crippen LogP contribution in [0, 0.1) is 0 Å². The third kappa shape index (κ3) is 10.1. The van der Waals surface area contributed by atoms with Gasteiger partial charge in [-0.3, -0.25) is 0 Å². The lowest BCUT2D eigenvalue weighted by molar-refractivity contribution is 0.0544. The van der Waals surface area contributed by atoms with Crippen LogP contribution in [0.15, 0.2) is 0 Å². The predicted octanol–water partition coefficient (Wildman–Crippen LogP) is 2.31. The number of unbranched alkanes of at least 4 members (excludes halogenated alkanes) is 2. The van der Waals surface area contributed by atoms with Crippen molar-refractivity contribution in [1.82, 2.24) is 0 Å². The molecule has 0 radical (unpaired) electrons. The van der Waals surface area contributed by atoms with Crippen molar-refractivity contribution in [3.05, 3.63) is 0 Å². The molecule has 0 saturated carbocycles. The second-order valence-electron chi connectivity index (χ2n) is 2.10. The van der Waals surface area contributed by atoms with E-state index in [1.807, 2.05) is 0 Å². The van der Waals surface area contributed by atoms with Crippen LogP contribution in [0.2, 0.25) is 0 Å². The molecule has 0 aromatic carbocycles. The summed E-state index contributed by atoms with van der Waals surface area (Å²) >= 11 is 5.27. The van der Waals surface area contributed by atoms with Crippen LogP contribution in [0.5, 0.6) is 0 Å². The van der Waals surface area contributed by atoms with Crippen LogP contribution >= 0.6 is 11.6 Å². The minimum absolute atomic E-state index is 0.251. The van der Waals surface area contributed by atoms with E-state index >= 15 is 0 Å². The zero-order chi connectivity index (χ0) is 8.36. The third-order valence-corrected chi connectivity index (χ3v) is 1.39. The smallest absolute Gasteiger partial charge is 0.188 e. The van der Waals surface area contributed by atoms with Gasteiger partial charge in [-0.1, -0.05) is 11.6 Å². The Kier molecular flexibility index (Phi) is 10.3. The first-order valence-corrected chi connectivity index (χ1v) is 4.22. The zero-order valence-corrected chi connectivity index (χ0v) is 7.28. The van der Waals surface area contributed by atoms with Crippen LogP contribution in [0.1, 0.15) is 19.3 Å². The molecule has 0 aromatic heterocycles. The molecule has 0 atom stereocenters. The van der Waals surface area contributed by atoms with Gasteiger partial charge in [0.25, 0.3) is 0 Å². The van der Waals surface area contributed by atoms with E-state index in [1.54, 1.807) is 0 Å². The van der Waals surface area contributed by atoms with E-state index in [0.29, 0.717) is 13.2 Å². The number of hydrogen-bond acceptors (Lipinski definition) is 2. The summed E-state index contributed by atoms with van der Waals surface area (Å²) in [4.78, 5) is 0. The number of halogens is 2. The molecule has 68 valence electrons. The van der Waals surface area contributed by atoms with Crippen LogP contribution in [0.25, 0.3) is 0 Å². The quantitative estimate of drug-likeness (QED) is 0.426. The van der Waals surface area contributed by atoms with Crippen molar-refractivity contribution >= 4 is 11.6 Å². The molecule has 0 aliphatic heterocycles. The van der Waals surface area contributed by atoms with Crippen LogP contribution in [0.4, 0.5) is 4.39 Å². The summed E-state index contributed by atoms with van der Waals surface area (Å²) in [5.74, 6) is 0. The molecule has 11 heavy (non-hydrogen) atoms. The highest BCUT2D eigenvalue weighted by atomic mass is 35.5. The van der Waals surface area contributed by atoms with Gasteiger partial charge in [-0.25, -0.2) is 4.39 Å².